The number of fused-ring (bicyclic) bond motifs is 1. The van der Waals surface area contributed by atoms with Crippen molar-refractivity contribution in [3.05, 3.63) is 107 Å². The highest BCUT2D eigenvalue weighted by Gasteiger charge is 2.34. The molecule has 9 heteroatoms. The summed E-state index contributed by atoms with van der Waals surface area (Å²) in [5, 5.41) is 0. The van der Waals surface area contributed by atoms with E-state index in [1.54, 1.807) is 44.8 Å². The minimum Gasteiger partial charge on any atom is -0.493 e. The van der Waals surface area contributed by atoms with Crippen LogP contribution in [0.15, 0.2) is 63.5 Å². The number of hydrogen-bond donors (Lipinski definition) is 0. The van der Waals surface area contributed by atoms with Crippen molar-refractivity contribution in [1.29, 1.82) is 0 Å². The maximum atomic E-state index is 14.1. The molecule has 218 valence electrons. The van der Waals surface area contributed by atoms with E-state index in [9.17, 15) is 9.59 Å². The molecule has 0 saturated heterocycles. The van der Waals surface area contributed by atoms with E-state index < -0.39 is 12.0 Å². The molecule has 2 aromatic heterocycles. The molecule has 5 rings (SSSR count). The van der Waals surface area contributed by atoms with Crippen molar-refractivity contribution in [2.75, 3.05) is 20.8 Å². The Kier molecular flexibility index (Phi) is 7.97. The van der Waals surface area contributed by atoms with Gasteiger partial charge < -0.3 is 18.8 Å². The number of rotatable bonds is 7. The third-order valence-electron chi connectivity index (χ3n) is 7.46. The summed E-state index contributed by atoms with van der Waals surface area (Å²) in [6.07, 6.45) is 1.92. The number of aromatic nitrogens is 2. The van der Waals surface area contributed by atoms with Gasteiger partial charge in [-0.3, -0.25) is 9.36 Å². The highest BCUT2D eigenvalue weighted by Crippen LogP contribution is 2.36. The van der Waals surface area contributed by atoms with Gasteiger partial charge in [-0.2, -0.15) is 0 Å². The Bertz CT molecular complexity index is 1910. The van der Waals surface area contributed by atoms with Gasteiger partial charge in [0.25, 0.3) is 5.56 Å². The lowest BCUT2D eigenvalue weighted by molar-refractivity contribution is -0.139. The number of carbonyl (C=O) groups excluding carboxylic acids is 1. The molecule has 42 heavy (non-hydrogen) atoms. The van der Waals surface area contributed by atoms with Crippen molar-refractivity contribution >= 4 is 23.4 Å². The first-order chi connectivity index (χ1) is 20.1. The zero-order valence-corrected chi connectivity index (χ0v) is 26.0. The molecule has 0 aliphatic carbocycles. The Balaban J connectivity index is 1.71. The fourth-order valence-corrected chi connectivity index (χ4v) is 6.72. The van der Waals surface area contributed by atoms with Crippen molar-refractivity contribution in [3.8, 4) is 17.2 Å². The molecule has 1 atom stereocenters. The van der Waals surface area contributed by atoms with Crippen LogP contribution in [0.25, 0.3) is 11.8 Å². The number of benzene rings is 2. The van der Waals surface area contributed by atoms with Crippen LogP contribution in [0.3, 0.4) is 0 Å². The van der Waals surface area contributed by atoms with Gasteiger partial charge in [0.15, 0.2) is 16.3 Å². The van der Waals surface area contributed by atoms with Crippen LogP contribution in [-0.2, 0) is 9.53 Å². The van der Waals surface area contributed by atoms with Gasteiger partial charge in [-0.1, -0.05) is 23.5 Å². The van der Waals surface area contributed by atoms with E-state index in [-0.39, 0.29) is 12.2 Å². The second-order valence-corrected chi connectivity index (χ2v) is 11.4. The molecule has 0 bridgehead atoms. The number of thiazole rings is 1. The number of nitrogens with zero attached hydrogens (tertiary/aromatic N) is 3. The number of ether oxygens (including phenoxy) is 3. The second-order valence-electron chi connectivity index (χ2n) is 10.4. The van der Waals surface area contributed by atoms with E-state index in [1.165, 1.54) is 22.5 Å². The lowest BCUT2D eigenvalue weighted by Gasteiger charge is -2.25. The molecule has 0 amide bonds. The van der Waals surface area contributed by atoms with Gasteiger partial charge in [0.1, 0.15) is 0 Å². The molecule has 2 aromatic carbocycles. The summed E-state index contributed by atoms with van der Waals surface area (Å²) < 4.78 is 20.7. The SMILES string of the molecule is CCOC(=O)C1=C(C)N=c2s/c(=C/c3cc(C)n(-c4cc(C)cc(C)c4)c3C)c(=O)n2[C@@H]1c1ccc(OC)c(OC)c1. The van der Waals surface area contributed by atoms with Gasteiger partial charge in [0, 0.05) is 17.1 Å². The lowest BCUT2D eigenvalue weighted by Crippen LogP contribution is -2.40. The van der Waals surface area contributed by atoms with Crippen LogP contribution in [0.1, 0.15) is 53.5 Å². The van der Waals surface area contributed by atoms with Crippen molar-refractivity contribution in [3.63, 3.8) is 0 Å². The monoisotopic (exact) mass is 585 g/mol. The molecule has 0 unspecified atom stereocenters. The molecule has 1 aliphatic rings. The standard InChI is InChI=1S/C33H35N3O5S/c1-9-41-32(38)29-21(5)34-33-36(30(29)23-10-11-26(39-7)27(16-23)40-8)31(37)28(42-33)17-24-15-20(4)35(22(24)6)25-13-18(2)12-19(3)14-25/h10-17,30H,9H2,1-8H3/b28-17+/t30-/m1/s1. The molecule has 0 N–H and O–H groups in total. The van der Waals surface area contributed by atoms with Crippen LogP contribution in [-0.4, -0.2) is 35.9 Å². The molecule has 1 aliphatic heterocycles. The number of carbonyl (C=O) groups is 1. The minimum absolute atomic E-state index is 0.203. The second kappa shape index (κ2) is 11.5. The normalized spacial score (nSPS) is 15.0. The van der Waals surface area contributed by atoms with Crippen LogP contribution < -0.4 is 24.4 Å². The summed E-state index contributed by atoms with van der Waals surface area (Å²) in [4.78, 5) is 32.6. The molecular formula is C33H35N3O5S. The summed E-state index contributed by atoms with van der Waals surface area (Å²) in [6, 6.07) is 13.2. The highest BCUT2D eigenvalue weighted by molar-refractivity contribution is 7.07. The van der Waals surface area contributed by atoms with Crippen LogP contribution >= 0.6 is 11.3 Å². The zero-order valence-electron chi connectivity index (χ0n) is 25.2. The Hall–Kier alpha value is -4.37. The summed E-state index contributed by atoms with van der Waals surface area (Å²) in [5.41, 5.74) is 7.79. The summed E-state index contributed by atoms with van der Waals surface area (Å²) in [7, 11) is 3.11. The van der Waals surface area contributed by atoms with Gasteiger partial charge in [-0.05, 0) is 100 Å². The lowest BCUT2D eigenvalue weighted by atomic mass is 9.95. The van der Waals surface area contributed by atoms with Gasteiger partial charge in [0.2, 0.25) is 0 Å². The van der Waals surface area contributed by atoms with E-state index in [1.807, 2.05) is 12.1 Å². The molecule has 0 radical (unpaired) electrons. The molecule has 8 nitrogen and oxygen atoms in total. The third kappa shape index (κ3) is 5.09. The van der Waals surface area contributed by atoms with Crippen molar-refractivity contribution in [2.24, 2.45) is 4.99 Å². The van der Waals surface area contributed by atoms with E-state index in [0.717, 1.165) is 22.6 Å². The van der Waals surface area contributed by atoms with Crippen LogP contribution in [0, 0.1) is 27.7 Å². The molecule has 0 saturated carbocycles. The molecule has 3 heterocycles. The average molecular weight is 586 g/mol. The minimum atomic E-state index is -0.745. The number of hydrogen-bond acceptors (Lipinski definition) is 7. The number of aryl methyl sites for hydroxylation is 3. The molecular weight excluding hydrogens is 550 g/mol. The Morgan fingerprint density at radius 2 is 1.67 bits per heavy atom. The number of esters is 1. The van der Waals surface area contributed by atoms with E-state index in [2.05, 4.69) is 56.5 Å². The molecule has 0 spiro atoms. The van der Waals surface area contributed by atoms with Crippen LogP contribution in [0.2, 0.25) is 0 Å². The Labute approximate surface area is 248 Å². The third-order valence-corrected chi connectivity index (χ3v) is 8.44. The largest absolute Gasteiger partial charge is 0.493 e. The fraction of sp³-hybridized carbons (Fsp3) is 0.303. The fourth-order valence-electron chi connectivity index (χ4n) is 5.68. The summed E-state index contributed by atoms with van der Waals surface area (Å²) >= 11 is 1.30. The smallest absolute Gasteiger partial charge is 0.338 e. The summed E-state index contributed by atoms with van der Waals surface area (Å²) in [5.74, 6) is 0.532. The van der Waals surface area contributed by atoms with Gasteiger partial charge >= 0.3 is 5.97 Å². The molecule has 0 fully saturated rings. The van der Waals surface area contributed by atoms with Gasteiger partial charge in [-0.15, -0.1) is 0 Å². The van der Waals surface area contributed by atoms with Crippen LogP contribution in [0.5, 0.6) is 11.5 Å². The van der Waals surface area contributed by atoms with E-state index >= 15 is 0 Å². The van der Waals surface area contributed by atoms with Crippen LogP contribution in [0.4, 0.5) is 0 Å². The maximum absolute atomic E-state index is 14.1. The van der Waals surface area contributed by atoms with Gasteiger partial charge in [-0.25, -0.2) is 9.79 Å². The topological polar surface area (TPSA) is 84.1 Å². The first-order valence-electron chi connectivity index (χ1n) is 13.8. The van der Waals surface area contributed by atoms with E-state index in [0.29, 0.717) is 37.7 Å². The van der Waals surface area contributed by atoms with Gasteiger partial charge in [0.05, 0.1) is 42.7 Å². The van der Waals surface area contributed by atoms with Crippen molar-refractivity contribution in [1.82, 2.24) is 9.13 Å². The van der Waals surface area contributed by atoms with E-state index in [4.69, 9.17) is 19.2 Å². The zero-order chi connectivity index (χ0) is 30.3. The number of methoxy groups -OCH3 is 2. The first kappa shape index (κ1) is 29.1. The highest BCUT2D eigenvalue weighted by atomic mass is 32.1. The number of allylic oxidation sites excluding steroid dienone is 1. The Morgan fingerprint density at radius 3 is 2.31 bits per heavy atom. The van der Waals surface area contributed by atoms with Crippen molar-refractivity contribution in [2.45, 2.75) is 47.6 Å². The quantitative estimate of drug-likeness (QED) is 0.290. The maximum Gasteiger partial charge on any atom is 0.338 e. The average Bonchev–Trinajstić information content (AvgIpc) is 3.40. The Morgan fingerprint density at radius 1 is 0.976 bits per heavy atom. The predicted molar refractivity (Wildman–Crippen MR) is 165 cm³/mol. The summed E-state index contributed by atoms with van der Waals surface area (Å²) in [6.45, 7) is 12.0. The predicted octanol–water partition coefficient (Wildman–Crippen LogP) is 4.84. The molecule has 4 aromatic rings. The van der Waals surface area contributed by atoms with Crippen molar-refractivity contribution < 1.29 is 19.0 Å². The first-order valence-corrected chi connectivity index (χ1v) is 14.6.